The SMILES string of the molecule is Cn1ccnc1CN1CCCN(Cc2ccc(Br)s2)CC1. The lowest BCUT2D eigenvalue weighted by Gasteiger charge is -2.21. The van der Waals surface area contributed by atoms with Gasteiger partial charge in [0.2, 0.25) is 0 Å². The fraction of sp³-hybridized carbons (Fsp3) is 0.533. The number of hydrogen-bond donors (Lipinski definition) is 0. The topological polar surface area (TPSA) is 24.3 Å². The fourth-order valence-corrected chi connectivity index (χ4v) is 4.27. The summed E-state index contributed by atoms with van der Waals surface area (Å²) in [5.74, 6) is 1.16. The first kappa shape index (κ1) is 15.2. The average molecular weight is 369 g/mol. The largest absolute Gasteiger partial charge is 0.337 e. The van der Waals surface area contributed by atoms with Crippen LogP contribution < -0.4 is 0 Å². The lowest BCUT2D eigenvalue weighted by Crippen LogP contribution is -2.30. The highest BCUT2D eigenvalue weighted by atomic mass is 79.9. The van der Waals surface area contributed by atoms with Crippen LogP contribution in [0.15, 0.2) is 28.3 Å². The van der Waals surface area contributed by atoms with Crippen molar-refractivity contribution in [3.8, 4) is 0 Å². The van der Waals surface area contributed by atoms with E-state index in [4.69, 9.17) is 0 Å². The van der Waals surface area contributed by atoms with Gasteiger partial charge >= 0.3 is 0 Å². The number of rotatable bonds is 4. The Bertz CT molecular complexity index is 580. The van der Waals surface area contributed by atoms with Crippen LogP contribution in [0.1, 0.15) is 17.1 Å². The number of imidazole rings is 1. The van der Waals surface area contributed by atoms with Gasteiger partial charge in [-0.15, -0.1) is 11.3 Å². The molecular formula is C15H21BrN4S. The second-order valence-corrected chi connectivity index (χ2v) is 8.11. The molecule has 4 nitrogen and oxygen atoms in total. The van der Waals surface area contributed by atoms with Crippen molar-refractivity contribution in [1.29, 1.82) is 0 Å². The zero-order chi connectivity index (χ0) is 14.7. The number of halogens is 1. The Labute approximate surface area is 138 Å². The summed E-state index contributed by atoms with van der Waals surface area (Å²) in [4.78, 5) is 11.0. The third kappa shape index (κ3) is 4.16. The van der Waals surface area contributed by atoms with E-state index >= 15 is 0 Å². The summed E-state index contributed by atoms with van der Waals surface area (Å²) in [6, 6.07) is 4.37. The molecule has 0 bridgehead atoms. The van der Waals surface area contributed by atoms with E-state index in [9.17, 15) is 0 Å². The predicted octanol–water partition coefficient (Wildman–Crippen LogP) is 2.95. The fourth-order valence-electron chi connectivity index (χ4n) is 2.75. The average Bonchev–Trinajstić information content (AvgIpc) is 2.97. The first-order chi connectivity index (χ1) is 10.2. The Morgan fingerprint density at radius 2 is 1.90 bits per heavy atom. The van der Waals surface area contributed by atoms with E-state index in [1.54, 1.807) is 0 Å². The summed E-state index contributed by atoms with van der Waals surface area (Å²) in [7, 11) is 2.07. The van der Waals surface area contributed by atoms with Crippen molar-refractivity contribution in [3.63, 3.8) is 0 Å². The van der Waals surface area contributed by atoms with Crippen LogP contribution in [0, 0.1) is 0 Å². The van der Waals surface area contributed by atoms with E-state index in [0.717, 1.165) is 38.5 Å². The number of aromatic nitrogens is 2. The van der Waals surface area contributed by atoms with Gasteiger partial charge in [-0.1, -0.05) is 0 Å². The lowest BCUT2D eigenvalue weighted by molar-refractivity contribution is 0.243. The van der Waals surface area contributed by atoms with Crippen LogP contribution in [0.4, 0.5) is 0 Å². The zero-order valence-electron chi connectivity index (χ0n) is 12.3. The van der Waals surface area contributed by atoms with Crippen molar-refractivity contribution in [1.82, 2.24) is 19.4 Å². The molecule has 1 fully saturated rings. The van der Waals surface area contributed by atoms with Gasteiger partial charge in [-0.2, -0.15) is 0 Å². The molecule has 2 aromatic heterocycles. The molecule has 3 rings (SSSR count). The third-order valence-electron chi connectivity index (χ3n) is 3.98. The van der Waals surface area contributed by atoms with Crippen molar-refractivity contribution in [2.24, 2.45) is 7.05 Å². The highest BCUT2D eigenvalue weighted by Crippen LogP contribution is 2.23. The second-order valence-electron chi connectivity index (χ2n) is 5.57. The summed E-state index contributed by atoms with van der Waals surface area (Å²) in [5.41, 5.74) is 0. The molecule has 1 aliphatic rings. The molecule has 0 aliphatic carbocycles. The molecule has 21 heavy (non-hydrogen) atoms. The molecule has 0 unspecified atom stereocenters. The second kappa shape index (κ2) is 7.05. The molecule has 0 amide bonds. The van der Waals surface area contributed by atoms with Gasteiger partial charge in [-0.3, -0.25) is 9.80 Å². The van der Waals surface area contributed by atoms with Crippen LogP contribution >= 0.6 is 27.3 Å². The summed E-state index contributed by atoms with van der Waals surface area (Å²) in [6.07, 6.45) is 5.14. The highest BCUT2D eigenvalue weighted by Gasteiger charge is 2.16. The third-order valence-corrected chi connectivity index (χ3v) is 5.58. The van der Waals surface area contributed by atoms with Gasteiger partial charge in [0.1, 0.15) is 5.82 Å². The van der Waals surface area contributed by atoms with Gasteiger partial charge < -0.3 is 4.57 Å². The van der Waals surface area contributed by atoms with Crippen LogP contribution in [0.5, 0.6) is 0 Å². The number of thiophene rings is 1. The van der Waals surface area contributed by atoms with Crippen LogP contribution in [-0.4, -0.2) is 45.5 Å². The smallest absolute Gasteiger partial charge is 0.122 e. The van der Waals surface area contributed by atoms with Crippen molar-refractivity contribution in [2.75, 3.05) is 26.2 Å². The molecule has 6 heteroatoms. The maximum Gasteiger partial charge on any atom is 0.122 e. The molecule has 1 aliphatic heterocycles. The van der Waals surface area contributed by atoms with Crippen molar-refractivity contribution in [2.45, 2.75) is 19.5 Å². The number of aryl methyl sites for hydroxylation is 1. The van der Waals surface area contributed by atoms with E-state index in [2.05, 4.69) is 54.5 Å². The van der Waals surface area contributed by atoms with Gasteiger partial charge in [0.25, 0.3) is 0 Å². The normalized spacial score (nSPS) is 18.0. The Morgan fingerprint density at radius 1 is 1.14 bits per heavy atom. The molecule has 3 heterocycles. The molecule has 0 N–H and O–H groups in total. The van der Waals surface area contributed by atoms with Gasteiger partial charge in [0, 0.05) is 44.0 Å². The maximum atomic E-state index is 4.43. The predicted molar refractivity (Wildman–Crippen MR) is 90.4 cm³/mol. The van der Waals surface area contributed by atoms with Crippen LogP contribution in [0.3, 0.4) is 0 Å². The first-order valence-electron chi connectivity index (χ1n) is 7.36. The Hall–Kier alpha value is -0.690. The Balaban J connectivity index is 1.53. The summed E-state index contributed by atoms with van der Waals surface area (Å²) in [6.45, 7) is 6.65. The lowest BCUT2D eigenvalue weighted by atomic mass is 10.3. The summed E-state index contributed by atoms with van der Waals surface area (Å²) < 4.78 is 3.34. The first-order valence-corrected chi connectivity index (χ1v) is 8.97. The van der Waals surface area contributed by atoms with E-state index in [-0.39, 0.29) is 0 Å². The molecule has 0 aromatic carbocycles. The van der Waals surface area contributed by atoms with E-state index < -0.39 is 0 Å². The monoisotopic (exact) mass is 368 g/mol. The molecule has 2 aromatic rings. The van der Waals surface area contributed by atoms with Gasteiger partial charge in [0.15, 0.2) is 0 Å². The van der Waals surface area contributed by atoms with Crippen LogP contribution in [0.2, 0.25) is 0 Å². The zero-order valence-corrected chi connectivity index (χ0v) is 14.7. The standard InChI is InChI=1S/C15H21BrN4S/c1-18-8-5-17-15(18)12-20-7-2-6-19(9-10-20)11-13-3-4-14(16)21-13/h3-5,8H,2,6-7,9-12H2,1H3. The van der Waals surface area contributed by atoms with Gasteiger partial charge in [-0.05, 0) is 47.6 Å². The molecule has 0 spiro atoms. The van der Waals surface area contributed by atoms with Crippen LogP contribution in [-0.2, 0) is 20.1 Å². The minimum absolute atomic E-state index is 0.960. The van der Waals surface area contributed by atoms with Crippen molar-refractivity contribution in [3.05, 3.63) is 39.0 Å². The molecule has 0 atom stereocenters. The van der Waals surface area contributed by atoms with E-state index in [1.165, 1.54) is 21.6 Å². The Kier molecular flexibility index (Phi) is 5.11. The minimum atomic E-state index is 0.960. The summed E-state index contributed by atoms with van der Waals surface area (Å²) in [5, 5.41) is 0. The minimum Gasteiger partial charge on any atom is -0.337 e. The molecule has 1 saturated heterocycles. The van der Waals surface area contributed by atoms with Crippen molar-refractivity contribution >= 4 is 27.3 Å². The maximum absolute atomic E-state index is 4.43. The van der Waals surface area contributed by atoms with Gasteiger partial charge in [0.05, 0.1) is 10.3 Å². The van der Waals surface area contributed by atoms with E-state index in [1.807, 2.05) is 23.7 Å². The highest BCUT2D eigenvalue weighted by molar-refractivity contribution is 9.11. The molecule has 0 radical (unpaired) electrons. The number of nitrogens with zero attached hydrogens (tertiary/aromatic N) is 4. The van der Waals surface area contributed by atoms with Crippen LogP contribution in [0.25, 0.3) is 0 Å². The molecule has 114 valence electrons. The summed E-state index contributed by atoms with van der Waals surface area (Å²) >= 11 is 5.39. The van der Waals surface area contributed by atoms with E-state index in [0.29, 0.717) is 0 Å². The number of hydrogen-bond acceptors (Lipinski definition) is 4. The van der Waals surface area contributed by atoms with Crippen molar-refractivity contribution < 1.29 is 0 Å². The molecule has 0 saturated carbocycles. The quantitative estimate of drug-likeness (QED) is 0.828. The van der Waals surface area contributed by atoms with Gasteiger partial charge in [-0.25, -0.2) is 4.98 Å². The molecular weight excluding hydrogens is 348 g/mol. The Morgan fingerprint density at radius 3 is 2.52 bits per heavy atom.